The van der Waals surface area contributed by atoms with Crippen molar-refractivity contribution in [2.45, 2.75) is 13.3 Å². The number of benzene rings is 2. The van der Waals surface area contributed by atoms with Gasteiger partial charge in [-0.3, -0.25) is 9.59 Å². The Morgan fingerprint density at radius 1 is 1.12 bits per heavy atom. The van der Waals surface area contributed by atoms with Gasteiger partial charge in [-0.15, -0.1) is 0 Å². The Balaban J connectivity index is 2.21. The van der Waals surface area contributed by atoms with E-state index in [0.717, 1.165) is 6.07 Å². The van der Waals surface area contributed by atoms with Crippen LogP contribution in [0.4, 0.5) is 20.2 Å². The number of hydrogen-bond donors (Lipinski definition) is 2. The molecule has 0 heterocycles. The second-order valence-electron chi connectivity index (χ2n) is 5.52. The van der Waals surface area contributed by atoms with Crippen LogP contribution in [0, 0.1) is 18.6 Å². The number of carbonyl (C=O) groups excluding carboxylic acids is 2. The van der Waals surface area contributed by atoms with E-state index in [1.807, 2.05) is 0 Å². The van der Waals surface area contributed by atoms with Crippen LogP contribution in [0.15, 0.2) is 34.8 Å². The average molecular weight is 427 g/mol. The van der Waals surface area contributed by atoms with Crippen molar-refractivity contribution in [1.29, 1.82) is 0 Å². The summed E-state index contributed by atoms with van der Waals surface area (Å²) >= 11 is 3.14. The van der Waals surface area contributed by atoms with Crippen LogP contribution in [0.1, 0.15) is 22.3 Å². The standard InChI is InChI=1S/C18H17BrF2N2O3/c1-10-7-11(3-4-14(10)20)22-18(25)12-8-16(15(21)9-13(12)19)23-17(24)5-6-26-2/h3-4,7-9H,5-6H2,1-2H3,(H,22,25)(H,23,24). The molecule has 2 rings (SSSR count). The molecule has 0 saturated carbocycles. The Morgan fingerprint density at radius 3 is 2.50 bits per heavy atom. The predicted molar refractivity (Wildman–Crippen MR) is 98.3 cm³/mol. The molecular formula is C18H17BrF2N2O3. The first-order valence-electron chi connectivity index (χ1n) is 7.67. The lowest BCUT2D eigenvalue weighted by molar-refractivity contribution is -0.117. The zero-order valence-corrected chi connectivity index (χ0v) is 15.7. The average Bonchev–Trinajstić information content (AvgIpc) is 2.58. The second-order valence-corrected chi connectivity index (χ2v) is 6.38. The van der Waals surface area contributed by atoms with Crippen LogP contribution >= 0.6 is 15.9 Å². The number of methoxy groups -OCH3 is 1. The van der Waals surface area contributed by atoms with Gasteiger partial charge in [0.25, 0.3) is 5.91 Å². The third-order valence-electron chi connectivity index (χ3n) is 3.52. The fourth-order valence-electron chi connectivity index (χ4n) is 2.15. The van der Waals surface area contributed by atoms with Crippen molar-refractivity contribution in [3.8, 4) is 0 Å². The van der Waals surface area contributed by atoms with Crippen LogP contribution in [0.25, 0.3) is 0 Å². The van der Waals surface area contributed by atoms with Crippen LogP contribution in [-0.2, 0) is 9.53 Å². The highest BCUT2D eigenvalue weighted by molar-refractivity contribution is 9.10. The normalized spacial score (nSPS) is 10.5. The van der Waals surface area contributed by atoms with Crippen LogP contribution < -0.4 is 10.6 Å². The van der Waals surface area contributed by atoms with Gasteiger partial charge in [0, 0.05) is 17.3 Å². The Morgan fingerprint density at radius 2 is 1.85 bits per heavy atom. The summed E-state index contributed by atoms with van der Waals surface area (Å²) in [5.41, 5.74) is 0.785. The van der Waals surface area contributed by atoms with Crippen molar-refractivity contribution in [3.05, 3.63) is 57.6 Å². The van der Waals surface area contributed by atoms with E-state index in [9.17, 15) is 18.4 Å². The lowest BCUT2D eigenvalue weighted by Gasteiger charge is -2.12. The largest absolute Gasteiger partial charge is 0.384 e. The summed E-state index contributed by atoms with van der Waals surface area (Å²) in [6, 6.07) is 6.47. The Labute approximate surface area is 157 Å². The van der Waals surface area contributed by atoms with Gasteiger partial charge in [-0.25, -0.2) is 8.78 Å². The SMILES string of the molecule is COCCC(=O)Nc1cc(C(=O)Nc2ccc(F)c(C)c2)c(Br)cc1F. The zero-order valence-electron chi connectivity index (χ0n) is 14.2. The Bertz CT molecular complexity index is 843. The molecule has 0 spiro atoms. The number of ether oxygens (including phenoxy) is 1. The summed E-state index contributed by atoms with van der Waals surface area (Å²) in [4.78, 5) is 24.2. The van der Waals surface area contributed by atoms with Crippen molar-refractivity contribution in [2.24, 2.45) is 0 Å². The van der Waals surface area contributed by atoms with E-state index in [1.165, 1.54) is 31.4 Å². The summed E-state index contributed by atoms with van der Waals surface area (Å²) in [6.07, 6.45) is 0.0579. The molecule has 2 aromatic carbocycles. The molecule has 2 amide bonds. The predicted octanol–water partition coefficient (Wildman–Crippen LogP) is 4.26. The van der Waals surface area contributed by atoms with Gasteiger partial charge >= 0.3 is 0 Å². The second kappa shape index (κ2) is 8.86. The number of amides is 2. The van der Waals surface area contributed by atoms with Crippen molar-refractivity contribution < 1.29 is 23.1 Å². The van der Waals surface area contributed by atoms with Crippen LogP contribution in [0.3, 0.4) is 0 Å². The van der Waals surface area contributed by atoms with E-state index >= 15 is 0 Å². The third kappa shape index (κ3) is 5.09. The fraction of sp³-hybridized carbons (Fsp3) is 0.222. The van der Waals surface area contributed by atoms with Crippen molar-refractivity contribution in [3.63, 3.8) is 0 Å². The lowest BCUT2D eigenvalue weighted by atomic mass is 10.1. The summed E-state index contributed by atoms with van der Waals surface area (Å²) in [5, 5.41) is 5.01. The molecule has 0 aromatic heterocycles. The van der Waals surface area contributed by atoms with Gasteiger partial charge in [0.1, 0.15) is 11.6 Å². The molecule has 0 fully saturated rings. The highest BCUT2D eigenvalue weighted by Crippen LogP contribution is 2.26. The maximum atomic E-state index is 14.1. The van der Waals surface area contributed by atoms with Crippen molar-refractivity contribution in [2.75, 3.05) is 24.4 Å². The molecule has 0 atom stereocenters. The van der Waals surface area contributed by atoms with Gasteiger partial charge in [0.15, 0.2) is 0 Å². The van der Waals surface area contributed by atoms with Gasteiger partial charge in [0.2, 0.25) is 5.91 Å². The van der Waals surface area contributed by atoms with Crippen molar-refractivity contribution in [1.82, 2.24) is 0 Å². The van der Waals surface area contributed by atoms with Crippen molar-refractivity contribution >= 4 is 39.1 Å². The summed E-state index contributed by atoms with van der Waals surface area (Å²) in [7, 11) is 1.45. The highest BCUT2D eigenvalue weighted by Gasteiger charge is 2.16. The molecule has 0 radical (unpaired) electrons. The summed E-state index contributed by atoms with van der Waals surface area (Å²) < 4.78 is 32.4. The molecule has 0 unspecified atom stereocenters. The number of rotatable bonds is 6. The summed E-state index contributed by atoms with van der Waals surface area (Å²) in [5.74, 6) is -2.03. The van der Waals surface area contributed by atoms with E-state index in [-0.39, 0.29) is 34.6 Å². The number of carbonyl (C=O) groups is 2. The number of nitrogens with one attached hydrogen (secondary N) is 2. The van der Waals surface area contributed by atoms with E-state index in [4.69, 9.17) is 4.74 Å². The van der Waals surface area contributed by atoms with E-state index in [1.54, 1.807) is 6.92 Å². The number of hydrogen-bond acceptors (Lipinski definition) is 3. The van der Waals surface area contributed by atoms with E-state index < -0.39 is 17.6 Å². The van der Waals surface area contributed by atoms with E-state index in [2.05, 4.69) is 26.6 Å². The minimum Gasteiger partial charge on any atom is -0.384 e. The molecule has 0 bridgehead atoms. The first kappa shape index (κ1) is 20.0. The summed E-state index contributed by atoms with van der Waals surface area (Å²) in [6.45, 7) is 1.77. The molecule has 5 nitrogen and oxygen atoms in total. The quantitative estimate of drug-likeness (QED) is 0.724. The van der Waals surface area contributed by atoms with Gasteiger partial charge in [-0.05, 0) is 58.7 Å². The number of anilines is 2. The monoisotopic (exact) mass is 426 g/mol. The first-order valence-corrected chi connectivity index (χ1v) is 8.46. The molecule has 0 aliphatic carbocycles. The molecule has 0 aliphatic rings. The van der Waals surface area contributed by atoms with Gasteiger partial charge < -0.3 is 15.4 Å². The van der Waals surface area contributed by atoms with E-state index in [0.29, 0.717) is 11.3 Å². The van der Waals surface area contributed by atoms with Crippen LogP contribution in [0.2, 0.25) is 0 Å². The molecular weight excluding hydrogens is 410 g/mol. The molecule has 0 aliphatic heterocycles. The smallest absolute Gasteiger partial charge is 0.256 e. The maximum absolute atomic E-state index is 14.1. The molecule has 138 valence electrons. The molecule has 26 heavy (non-hydrogen) atoms. The molecule has 0 saturated heterocycles. The highest BCUT2D eigenvalue weighted by atomic mass is 79.9. The van der Waals surface area contributed by atoms with Gasteiger partial charge in [-0.2, -0.15) is 0 Å². The van der Waals surface area contributed by atoms with Gasteiger partial charge in [0.05, 0.1) is 24.3 Å². The molecule has 2 aromatic rings. The third-order valence-corrected chi connectivity index (χ3v) is 4.18. The minimum absolute atomic E-state index is 0.0579. The number of halogens is 3. The Kier molecular flexibility index (Phi) is 6.82. The van der Waals surface area contributed by atoms with Crippen LogP contribution in [-0.4, -0.2) is 25.5 Å². The Hall–Kier alpha value is -2.32. The lowest BCUT2D eigenvalue weighted by Crippen LogP contribution is -2.17. The molecule has 2 N–H and O–H groups in total. The minimum atomic E-state index is -0.684. The fourth-order valence-corrected chi connectivity index (χ4v) is 2.64. The molecule has 8 heteroatoms. The topological polar surface area (TPSA) is 67.4 Å². The van der Waals surface area contributed by atoms with Crippen LogP contribution in [0.5, 0.6) is 0 Å². The first-order chi connectivity index (χ1) is 12.3. The number of aryl methyl sites for hydroxylation is 1. The van der Waals surface area contributed by atoms with Gasteiger partial charge in [-0.1, -0.05) is 0 Å². The maximum Gasteiger partial charge on any atom is 0.256 e. The zero-order chi connectivity index (χ0) is 19.3.